The van der Waals surface area contributed by atoms with E-state index >= 15 is 0 Å². The maximum atomic E-state index is 12.3. The van der Waals surface area contributed by atoms with Crippen LogP contribution in [0.5, 0.6) is 0 Å². The Balaban J connectivity index is 1.52. The quantitative estimate of drug-likeness (QED) is 0.798. The third kappa shape index (κ3) is 3.09. The number of nitrogens with one attached hydrogen (secondary N) is 1. The minimum atomic E-state index is -0.273. The van der Waals surface area contributed by atoms with Gasteiger partial charge >= 0.3 is 0 Å². The molecule has 1 saturated carbocycles. The lowest BCUT2D eigenvalue weighted by molar-refractivity contribution is 0.102. The lowest BCUT2D eigenvalue weighted by Gasteiger charge is -2.05. The number of pyridine rings is 2. The van der Waals surface area contributed by atoms with Crippen LogP contribution in [-0.4, -0.2) is 26.1 Å². The summed E-state index contributed by atoms with van der Waals surface area (Å²) in [4.78, 5) is 20.6. The lowest BCUT2D eigenvalue weighted by atomic mass is 10.1. The van der Waals surface area contributed by atoms with Crippen molar-refractivity contribution >= 4 is 23.1 Å². The minimum absolute atomic E-state index is 0.273. The zero-order valence-corrected chi connectivity index (χ0v) is 13.0. The van der Waals surface area contributed by atoms with Gasteiger partial charge in [0, 0.05) is 30.1 Å². The van der Waals surface area contributed by atoms with E-state index in [1.165, 1.54) is 11.3 Å². The Morgan fingerprint density at radius 3 is 2.87 bits per heavy atom. The van der Waals surface area contributed by atoms with E-state index in [9.17, 15) is 4.79 Å². The molecule has 1 amide bonds. The molecule has 1 fully saturated rings. The SMILES string of the molecule is O=C(Nc1cc(-c2cccnc2)ccn1)c1nnc(C2CC2)s1. The summed E-state index contributed by atoms with van der Waals surface area (Å²) in [6, 6.07) is 7.52. The zero-order chi connectivity index (χ0) is 15.6. The van der Waals surface area contributed by atoms with E-state index in [0.717, 1.165) is 29.0 Å². The molecule has 1 N–H and O–H groups in total. The summed E-state index contributed by atoms with van der Waals surface area (Å²) in [5, 5.41) is 12.2. The first-order valence-electron chi connectivity index (χ1n) is 7.31. The van der Waals surface area contributed by atoms with E-state index < -0.39 is 0 Å². The molecule has 114 valence electrons. The van der Waals surface area contributed by atoms with Crippen molar-refractivity contribution in [3.63, 3.8) is 0 Å². The van der Waals surface area contributed by atoms with Crippen molar-refractivity contribution in [2.75, 3.05) is 5.32 Å². The van der Waals surface area contributed by atoms with Gasteiger partial charge in [-0.05, 0) is 36.6 Å². The normalized spacial score (nSPS) is 13.7. The van der Waals surface area contributed by atoms with Crippen LogP contribution in [-0.2, 0) is 0 Å². The van der Waals surface area contributed by atoms with E-state index in [1.807, 2.05) is 24.3 Å². The number of aromatic nitrogens is 4. The van der Waals surface area contributed by atoms with Crippen LogP contribution >= 0.6 is 11.3 Å². The van der Waals surface area contributed by atoms with E-state index in [1.54, 1.807) is 18.6 Å². The Morgan fingerprint density at radius 2 is 2.09 bits per heavy atom. The van der Waals surface area contributed by atoms with Gasteiger partial charge < -0.3 is 5.32 Å². The van der Waals surface area contributed by atoms with Crippen LogP contribution in [0.15, 0.2) is 42.9 Å². The van der Waals surface area contributed by atoms with Gasteiger partial charge in [-0.25, -0.2) is 4.98 Å². The highest BCUT2D eigenvalue weighted by molar-refractivity contribution is 7.13. The van der Waals surface area contributed by atoms with Gasteiger partial charge in [0.15, 0.2) is 0 Å². The van der Waals surface area contributed by atoms with Gasteiger partial charge in [0.1, 0.15) is 10.8 Å². The van der Waals surface area contributed by atoms with Crippen LogP contribution in [0.25, 0.3) is 11.1 Å². The maximum Gasteiger partial charge on any atom is 0.287 e. The van der Waals surface area contributed by atoms with Gasteiger partial charge in [-0.2, -0.15) is 0 Å². The summed E-state index contributed by atoms with van der Waals surface area (Å²) < 4.78 is 0. The number of amides is 1. The molecule has 0 aliphatic heterocycles. The first kappa shape index (κ1) is 14.0. The van der Waals surface area contributed by atoms with Crippen LogP contribution in [0.1, 0.15) is 33.6 Å². The van der Waals surface area contributed by atoms with Crippen molar-refractivity contribution in [3.8, 4) is 11.1 Å². The van der Waals surface area contributed by atoms with Crippen molar-refractivity contribution in [2.45, 2.75) is 18.8 Å². The van der Waals surface area contributed by atoms with Crippen molar-refractivity contribution in [1.29, 1.82) is 0 Å². The largest absolute Gasteiger partial charge is 0.304 e. The molecule has 0 spiro atoms. The Bertz CT molecular complexity index is 844. The predicted octanol–water partition coefficient (Wildman–Crippen LogP) is 3.12. The van der Waals surface area contributed by atoms with Gasteiger partial charge in [-0.1, -0.05) is 17.4 Å². The smallest absolute Gasteiger partial charge is 0.287 e. The highest BCUT2D eigenvalue weighted by Crippen LogP contribution is 2.41. The Hall–Kier alpha value is -2.67. The van der Waals surface area contributed by atoms with Crippen LogP contribution in [0.3, 0.4) is 0 Å². The molecule has 6 nitrogen and oxygen atoms in total. The number of carbonyl (C=O) groups excluding carboxylic acids is 1. The van der Waals surface area contributed by atoms with Crippen LogP contribution in [0.2, 0.25) is 0 Å². The van der Waals surface area contributed by atoms with Crippen molar-refractivity contribution in [2.24, 2.45) is 0 Å². The van der Waals surface area contributed by atoms with Gasteiger partial charge in [0.25, 0.3) is 5.91 Å². The summed E-state index contributed by atoms with van der Waals surface area (Å²) >= 11 is 1.36. The average Bonchev–Trinajstić information content (AvgIpc) is 3.33. The van der Waals surface area contributed by atoms with Crippen LogP contribution in [0.4, 0.5) is 5.82 Å². The molecular weight excluding hydrogens is 310 g/mol. The molecule has 0 aromatic carbocycles. The lowest BCUT2D eigenvalue weighted by Crippen LogP contribution is -2.12. The first-order chi connectivity index (χ1) is 11.3. The average molecular weight is 323 g/mol. The highest BCUT2D eigenvalue weighted by Gasteiger charge is 2.28. The Kier molecular flexibility index (Phi) is 3.55. The minimum Gasteiger partial charge on any atom is -0.304 e. The fourth-order valence-corrected chi connectivity index (χ4v) is 3.11. The Morgan fingerprint density at radius 1 is 1.17 bits per heavy atom. The molecule has 0 saturated heterocycles. The fourth-order valence-electron chi connectivity index (χ4n) is 2.20. The predicted molar refractivity (Wildman–Crippen MR) is 87.3 cm³/mol. The number of rotatable bonds is 4. The van der Waals surface area contributed by atoms with Crippen LogP contribution in [0, 0.1) is 0 Å². The number of hydrogen-bond acceptors (Lipinski definition) is 6. The molecular formula is C16H13N5OS. The molecule has 1 aliphatic rings. The monoisotopic (exact) mass is 323 g/mol. The standard InChI is InChI=1S/C16H13N5OS/c22-14(16-21-20-15(23-16)10-3-4-10)19-13-8-11(5-7-18-13)12-2-1-6-17-9-12/h1-2,5-10H,3-4H2,(H,18,19,22). The van der Waals surface area contributed by atoms with Crippen LogP contribution < -0.4 is 5.32 Å². The summed E-state index contributed by atoms with van der Waals surface area (Å²) in [7, 11) is 0. The molecule has 3 aromatic rings. The van der Waals surface area contributed by atoms with Gasteiger partial charge in [-0.3, -0.25) is 9.78 Å². The molecule has 0 radical (unpaired) electrons. The second-order valence-corrected chi connectivity index (χ2v) is 6.35. The third-order valence-electron chi connectivity index (χ3n) is 3.56. The highest BCUT2D eigenvalue weighted by atomic mass is 32.1. The summed E-state index contributed by atoms with van der Waals surface area (Å²) in [6.45, 7) is 0. The summed E-state index contributed by atoms with van der Waals surface area (Å²) in [6.07, 6.45) is 7.44. The molecule has 4 rings (SSSR count). The number of hydrogen-bond donors (Lipinski definition) is 1. The van der Waals surface area contributed by atoms with E-state index in [0.29, 0.717) is 16.7 Å². The maximum absolute atomic E-state index is 12.3. The first-order valence-corrected chi connectivity index (χ1v) is 8.12. The topological polar surface area (TPSA) is 80.7 Å². The van der Waals surface area contributed by atoms with Gasteiger partial charge in [0.05, 0.1) is 0 Å². The zero-order valence-electron chi connectivity index (χ0n) is 12.1. The molecule has 3 heterocycles. The van der Waals surface area contributed by atoms with E-state index in [4.69, 9.17) is 0 Å². The summed E-state index contributed by atoms with van der Waals surface area (Å²) in [5.74, 6) is 0.714. The third-order valence-corrected chi connectivity index (χ3v) is 4.64. The molecule has 0 unspecified atom stereocenters. The number of nitrogens with zero attached hydrogens (tertiary/aromatic N) is 4. The second-order valence-electron chi connectivity index (χ2n) is 5.35. The van der Waals surface area contributed by atoms with Crippen molar-refractivity contribution in [1.82, 2.24) is 20.2 Å². The number of anilines is 1. The molecule has 3 aromatic heterocycles. The molecule has 0 bridgehead atoms. The molecule has 1 aliphatic carbocycles. The van der Waals surface area contributed by atoms with Crippen molar-refractivity contribution < 1.29 is 4.79 Å². The number of carbonyl (C=O) groups is 1. The van der Waals surface area contributed by atoms with E-state index in [2.05, 4.69) is 25.5 Å². The fraction of sp³-hybridized carbons (Fsp3) is 0.188. The van der Waals surface area contributed by atoms with Crippen molar-refractivity contribution in [3.05, 3.63) is 52.9 Å². The van der Waals surface area contributed by atoms with E-state index in [-0.39, 0.29) is 5.91 Å². The molecule has 7 heteroatoms. The van der Waals surface area contributed by atoms with Gasteiger partial charge in [0.2, 0.25) is 5.01 Å². The summed E-state index contributed by atoms with van der Waals surface area (Å²) in [5.41, 5.74) is 1.91. The molecule has 23 heavy (non-hydrogen) atoms. The van der Waals surface area contributed by atoms with Gasteiger partial charge in [-0.15, -0.1) is 10.2 Å². The second kappa shape index (κ2) is 5.85. The molecule has 0 atom stereocenters. The Labute approximate surface area is 136 Å².